The molecule has 1 saturated heterocycles. The smallest absolute Gasteiger partial charge is 0.403 e. The Balaban J connectivity index is 2.49. The number of benzene rings is 1. The van der Waals surface area contributed by atoms with Gasteiger partial charge in [0.05, 0.1) is 27.4 Å². The molecule has 1 fully saturated rings. The first-order valence-corrected chi connectivity index (χ1v) is 5.31. The minimum Gasteiger partial charge on any atom is -0.497 e. The molecule has 18 heavy (non-hydrogen) atoms. The van der Waals surface area contributed by atoms with Crippen molar-refractivity contribution in [2.75, 3.05) is 27.4 Å². The maximum Gasteiger partial charge on any atom is 0.403 e. The molecule has 0 N–H and O–H groups in total. The van der Waals surface area contributed by atoms with Crippen LogP contribution in [0.1, 0.15) is 5.56 Å². The lowest BCUT2D eigenvalue weighted by Gasteiger charge is -2.43. The van der Waals surface area contributed by atoms with Gasteiger partial charge in [-0.15, -0.1) is 0 Å². The Morgan fingerprint density at radius 2 is 1.83 bits per heavy atom. The van der Waals surface area contributed by atoms with Gasteiger partial charge in [0, 0.05) is 11.6 Å². The normalized spacial score (nSPS) is 18.1. The molecule has 0 saturated carbocycles. The summed E-state index contributed by atoms with van der Waals surface area (Å²) in [4.78, 5) is 0. The van der Waals surface area contributed by atoms with E-state index in [1.165, 1.54) is 32.4 Å². The lowest BCUT2D eigenvalue weighted by molar-refractivity contribution is -0.262. The highest BCUT2D eigenvalue weighted by molar-refractivity contribution is 5.47. The molecule has 1 heterocycles. The zero-order valence-electron chi connectivity index (χ0n) is 10.0. The third-order valence-corrected chi connectivity index (χ3v) is 3.16. The maximum absolute atomic E-state index is 13.2. The number of alkyl halides is 3. The average Bonchev–Trinajstić information content (AvgIpc) is 2.26. The van der Waals surface area contributed by atoms with E-state index in [2.05, 4.69) is 0 Å². The number of hydrogen-bond acceptors (Lipinski definition) is 3. The van der Waals surface area contributed by atoms with Crippen molar-refractivity contribution in [1.82, 2.24) is 0 Å². The van der Waals surface area contributed by atoms with Crippen molar-refractivity contribution in [2.24, 2.45) is 0 Å². The van der Waals surface area contributed by atoms with Crippen LogP contribution in [0.4, 0.5) is 13.2 Å². The number of hydrogen-bond donors (Lipinski definition) is 0. The van der Waals surface area contributed by atoms with Crippen LogP contribution in [0, 0.1) is 0 Å². The Kier molecular flexibility index (Phi) is 3.14. The molecule has 0 aromatic heterocycles. The van der Waals surface area contributed by atoms with Gasteiger partial charge in [-0.3, -0.25) is 0 Å². The summed E-state index contributed by atoms with van der Waals surface area (Å²) in [5.41, 5.74) is -1.88. The zero-order chi connectivity index (χ0) is 13.4. The van der Waals surface area contributed by atoms with Crippen molar-refractivity contribution in [1.29, 1.82) is 0 Å². The minimum atomic E-state index is -4.37. The Morgan fingerprint density at radius 3 is 2.22 bits per heavy atom. The van der Waals surface area contributed by atoms with Crippen LogP contribution in [-0.4, -0.2) is 33.6 Å². The number of methoxy groups -OCH3 is 2. The lowest BCUT2D eigenvalue weighted by atomic mass is 9.77. The number of halogens is 3. The molecule has 100 valence electrons. The highest BCUT2D eigenvalue weighted by Crippen LogP contribution is 2.49. The molecule has 0 bridgehead atoms. The third-order valence-electron chi connectivity index (χ3n) is 3.16. The van der Waals surface area contributed by atoms with Crippen molar-refractivity contribution >= 4 is 0 Å². The van der Waals surface area contributed by atoms with Crippen molar-refractivity contribution in [3.63, 3.8) is 0 Å². The van der Waals surface area contributed by atoms with E-state index in [9.17, 15) is 13.2 Å². The fourth-order valence-electron chi connectivity index (χ4n) is 1.97. The van der Waals surface area contributed by atoms with E-state index in [0.29, 0.717) is 5.75 Å². The van der Waals surface area contributed by atoms with Gasteiger partial charge in [0.2, 0.25) is 0 Å². The Morgan fingerprint density at radius 1 is 1.17 bits per heavy atom. The molecule has 0 radical (unpaired) electrons. The molecule has 0 unspecified atom stereocenters. The monoisotopic (exact) mass is 262 g/mol. The quantitative estimate of drug-likeness (QED) is 0.837. The van der Waals surface area contributed by atoms with Gasteiger partial charge in [-0.05, 0) is 6.07 Å². The molecule has 6 heteroatoms. The van der Waals surface area contributed by atoms with Crippen molar-refractivity contribution in [3.05, 3.63) is 23.8 Å². The lowest BCUT2D eigenvalue weighted by Crippen LogP contribution is -2.57. The van der Waals surface area contributed by atoms with Crippen LogP contribution >= 0.6 is 0 Å². The van der Waals surface area contributed by atoms with Crippen molar-refractivity contribution in [3.8, 4) is 11.5 Å². The second-order valence-corrected chi connectivity index (χ2v) is 4.14. The van der Waals surface area contributed by atoms with E-state index in [0.717, 1.165) is 0 Å². The van der Waals surface area contributed by atoms with Crippen LogP contribution in [0.2, 0.25) is 0 Å². The largest absolute Gasteiger partial charge is 0.497 e. The van der Waals surface area contributed by atoms with E-state index in [1.807, 2.05) is 0 Å². The molecule has 0 spiro atoms. The SMILES string of the molecule is COc1ccc(C2(C(F)(F)F)COC2)c(OC)c1. The van der Waals surface area contributed by atoms with Crippen LogP contribution < -0.4 is 9.47 Å². The third kappa shape index (κ3) is 1.80. The topological polar surface area (TPSA) is 27.7 Å². The van der Waals surface area contributed by atoms with Gasteiger partial charge in [0.1, 0.15) is 16.9 Å². The summed E-state index contributed by atoms with van der Waals surface area (Å²) in [6.45, 7) is -0.752. The van der Waals surface area contributed by atoms with Crippen molar-refractivity contribution in [2.45, 2.75) is 11.6 Å². The highest BCUT2D eigenvalue weighted by atomic mass is 19.4. The van der Waals surface area contributed by atoms with Crippen LogP contribution in [-0.2, 0) is 10.2 Å². The Bertz CT molecular complexity index is 439. The van der Waals surface area contributed by atoms with Crippen LogP contribution in [0.25, 0.3) is 0 Å². The molecular weight excluding hydrogens is 249 g/mol. The van der Waals surface area contributed by atoms with E-state index in [-0.39, 0.29) is 24.5 Å². The summed E-state index contributed by atoms with van der Waals surface area (Å²) in [5.74, 6) is 0.614. The summed E-state index contributed by atoms with van der Waals surface area (Å²) >= 11 is 0. The standard InChI is InChI=1S/C12H13F3O3/c1-16-8-3-4-9(10(5-8)17-2)11(6-18-7-11)12(13,14)15/h3-5H,6-7H2,1-2H3. The molecule has 0 atom stereocenters. The van der Waals surface area contributed by atoms with Crippen LogP contribution in [0.3, 0.4) is 0 Å². The predicted molar refractivity (Wildman–Crippen MR) is 58.1 cm³/mol. The molecule has 1 aromatic carbocycles. The summed E-state index contributed by atoms with van der Waals surface area (Å²) in [7, 11) is 2.78. The fourth-order valence-corrected chi connectivity index (χ4v) is 1.97. The van der Waals surface area contributed by atoms with E-state index >= 15 is 0 Å². The highest BCUT2D eigenvalue weighted by Gasteiger charge is 2.62. The van der Waals surface area contributed by atoms with Gasteiger partial charge >= 0.3 is 6.18 Å². The predicted octanol–water partition coefficient (Wildman–Crippen LogP) is 2.53. The van der Waals surface area contributed by atoms with E-state index in [1.54, 1.807) is 0 Å². The Hall–Kier alpha value is -1.43. The summed E-state index contributed by atoms with van der Waals surface area (Å²) in [6.07, 6.45) is -4.37. The van der Waals surface area contributed by atoms with Crippen LogP contribution in [0.5, 0.6) is 11.5 Å². The minimum absolute atomic E-state index is 0.0875. The summed E-state index contributed by atoms with van der Waals surface area (Å²) in [5, 5.41) is 0. The van der Waals surface area contributed by atoms with Gasteiger partial charge in [-0.1, -0.05) is 6.07 Å². The van der Waals surface area contributed by atoms with Gasteiger partial charge in [0.25, 0.3) is 0 Å². The fraction of sp³-hybridized carbons (Fsp3) is 0.500. The van der Waals surface area contributed by atoms with Gasteiger partial charge < -0.3 is 14.2 Å². The molecule has 2 rings (SSSR count). The first-order valence-electron chi connectivity index (χ1n) is 5.31. The summed E-state index contributed by atoms with van der Waals surface area (Å²) < 4.78 is 54.3. The van der Waals surface area contributed by atoms with Crippen molar-refractivity contribution < 1.29 is 27.4 Å². The second kappa shape index (κ2) is 4.35. The molecular formula is C12H13F3O3. The van der Waals surface area contributed by atoms with Gasteiger partial charge in [-0.25, -0.2) is 0 Å². The van der Waals surface area contributed by atoms with Gasteiger partial charge in [-0.2, -0.15) is 13.2 Å². The molecule has 1 aromatic rings. The molecule has 0 aliphatic carbocycles. The molecule has 3 nitrogen and oxygen atoms in total. The molecule has 0 amide bonds. The molecule has 1 aliphatic heterocycles. The molecule has 1 aliphatic rings. The zero-order valence-corrected chi connectivity index (χ0v) is 10.0. The number of ether oxygens (including phenoxy) is 3. The first kappa shape index (κ1) is 13.0. The van der Waals surface area contributed by atoms with Crippen LogP contribution in [0.15, 0.2) is 18.2 Å². The van der Waals surface area contributed by atoms with E-state index in [4.69, 9.17) is 14.2 Å². The summed E-state index contributed by atoms with van der Waals surface area (Å²) in [6, 6.07) is 4.32. The second-order valence-electron chi connectivity index (χ2n) is 4.14. The maximum atomic E-state index is 13.2. The Labute approximate surface area is 102 Å². The first-order chi connectivity index (χ1) is 8.44. The van der Waals surface area contributed by atoms with Gasteiger partial charge in [0.15, 0.2) is 0 Å². The average molecular weight is 262 g/mol. The van der Waals surface area contributed by atoms with E-state index < -0.39 is 11.6 Å². The number of rotatable bonds is 3.